The Kier molecular flexibility index (Phi) is 5.07. The standard InChI is InChI=1S/C18H27ClN2/c1-2-10-20-13-15-8-9-16(19)12-18(15)21-11-4-6-14-5-3-7-17(14)21/h8-9,12,14,17,20H,2-7,10-11,13H2,1H3. The Morgan fingerprint density at radius 1 is 1.24 bits per heavy atom. The van der Waals surface area contributed by atoms with E-state index in [1.54, 1.807) is 0 Å². The van der Waals surface area contributed by atoms with Gasteiger partial charge in [0, 0.05) is 29.8 Å². The molecule has 1 aliphatic carbocycles. The number of nitrogens with zero attached hydrogens (tertiary/aromatic N) is 1. The van der Waals surface area contributed by atoms with Crippen LogP contribution in [0.25, 0.3) is 0 Å². The second-order valence-corrected chi connectivity index (χ2v) is 6.98. The fourth-order valence-electron chi connectivity index (χ4n) is 4.11. The molecule has 0 bridgehead atoms. The first-order valence-corrected chi connectivity index (χ1v) is 8.93. The highest BCUT2D eigenvalue weighted by Crippen LogP contribution is 2.40. The fourth-order valence-corrected chi connectivity index (χ4v) is 4.27. The van der Waals surface area contributed by atoms with Crippen molar-refractivity contribution in [1.82, 2.24) is 5.32 Å². The molecule has 1 saturated heterocycles. The monoisotopic (exact) mass is 306 g/mol. The minimum atomic E-state index is 0.752. The average molecular weight is 307 g/mol. The molecule has 1 heterocycles. The number of nitrogens with one attached hydrogen (secondary N) is 1. The van der Waals surface area contributed by atoms with Crippen molar-refractivity contribution >= 4 is 17.3 Å². The second-order valence-electron chi connectivity index (χ2n) is 6.54. The first kappa shape index (κ1) is 15.2. The van der Waals surface area contributed by atoms with Crippen molar-refractivity contribution in [1.29, 1.82) is 0 Å². The summed E-state index contributed by atoms with van der Waals surface area (Å²) in [6, 6.07) is 7.18. The summed E-state index contributed by atoms with van der Waals surface area (Å²) in [4.78, 5) is 2.66. The van der Waals surface area contributed by atoms with E-state index in [9.17, 15) is 0 Å². The van der Waals surface area contributed by atoms with Crippen LogP contribution in [0.1, 0.15) is 51.0 Å². The van der Waals surface area contributed by atoms with Gasteiger partial charge in [0.2, 0.25) is 0 Å². The van der Waals surface area contributed by atoms with Gasteiger partial charge in [0.15, 0.2) is 0 Å². The van der Waals surface area contributed by atoms with Crippen LogP contribution in [-0.4, -0.2) is 19.1 Å². The van der Waals surface area contributed by atoms with Crippen molar-refractivity contribution in [3.05, 3.63) is 28.8 Å². The Bertz CT molecular complexity index is 474. The van der Waals surface area contributed by atoms with Gasteiger partial charge in [-0.3, -0.25) is 0 Å². The van der Waals surface area contributed by atoms with Gasteiger partial charge in [-0.25, -0.2) is 0 Å². The van der Waals surface area contributed by atoms with Gasteiger partial charge in [-0.1, -0.05) is 31.0 Å². The second kappa shape index (κ2) is 7.02. The zero-order valence-corrected chi connectivity index (χ0v) is 13.8. The van der Waals surface area contributed by atoms with E-state index < -0.39 is 0 Å². The molecule has 1 saturated carbocycles. The lowest BCUT2D eigenvalue weighted by atomic mass is 9.91. The quantitative estimate of drug-likeness (QED) is 0.799. The number of piperidine rings is 1. The molecule has 3 rings (SSSR count). The molecule has 1 aromatic carbocycles. The Morgan fingerprint density at radius 2 is 2.10 bits per heavy atom. The molecule has 0 spiro atoms. The highest BCUT2D eigenvalue weighted by Gasteiger charge is 2.35. The summed E-state index contributed by atoms with van der Waals surface area (Å²) >= 11 is 6.29. The predicted octanol–water partition coefficient (Wildman–Crippen LogP) is 4.61. The lowest BCUT2D eigenvalue weighted by Gasteiger charge is -2.40. The van der Waals surface area contributed by atoms with Gasteiger partial charge in [-0.05, 0) is 62.3 Å². The third-order valence-corrected chi connectivity index (χ3v) is 5.33. The van der Waals surface area contributed by atoms with Crippen LogP contribution in [0.2, 0.25) is 5.02 Å². The Morgan fingerprint density at radius 3 is 2.95 bits per heavy atom. The highest BCUT2D eigenvalue weighted by atomic mass is 35.5. The molecular formula is C18H27ClN2. The fraction of sp³-hybridized carbons (Fsp3) is 0.667. The van der Waals surface area contributed by atoms with Crippen LogP contribution in [0.4, 0.5) is 5.69 Å². The van der Waals surface area contributed by atoms with E-state index in [0.29, 0.717) is 0 Å². The van der Waals surface area contributed by atoms with Crippen LogP contribution in [0, 0.1) is 5.92 Å². The number of benzene rings is 1. The molecule has 0 amide bonds. The molecule has 116 valence electrons. The summed E-state index contributed by atoms with van der Waals surface area (Å²) in [7, 11) is 0. The first-order chi connectivity index (χ1) is 10.3. The molecule has 0 radical (unpaired) electrons. The molecule has 1 aromatic rings. The van der Waals surface area contributed by atoms with Gasteiger partial charge in [0.1, 0.15) is 0 Å². The SMILES string of the molecule is CCCNCc1ccc(Cl)cc1N1CCCC2CCCC21. The van der Waals surface area contributed by atoms with Gasteiger partial charge in [0.05, 0.1) is 0 Å². The Labute approximate surface area is 133 Å². The van der Waals surface area contributed by atoms with Gasteiger partial charge < -0.3 is 10.2 Å². The normalized spacial score (nSPS) is 25.1. The maximum absolute atomic E-state index is 6.29. The van der Waals surface area contributed by atoms with Crippen molar-refractivity contribution in [2.75, 3.05) is 18.0 Å². The summed E-state index contributed by atoms with van der Waals surface area (Å²) in [5.41, 5.74) is 2.78. The summed E-state index contributed by atoms with van der Waals surface area (Å²) in [5, 5.41) is 4.41. The molecule has 2 atom stereocenters. The minimum Gasteiger partial charge on any atom is -0.368 e. The van der Waals surface area contributed by atoms with E-state index in [4.69, 9.17) is 11.6 Å². The van der Waals surface area contributed by atoms with E-state index in [1.165, 1.54) is 56.3 Å². The molecule has 0 aromatic heterocycles. The van der Waals surface area contributed by atoms with Crippen molar-refractivity contribution in [3.63, 3.8) is 0 Å². The van der Waals surface area contributed by atoms with E-state index in [-0.39, 0.29) is 0 Å². The molecule has 2 unspecified atom stereocenters. The Hall–Kier alpha value is -0.730. The first-order valence-electron chi connectivity index (χ1n) is 8.55. The van der Waals surface area contributed by atoms with Gasteiger partial charge >= 0.3 is 0 Å². The van der Waals surface area contributed by atoms with Crippen molar-refractivity contribution in [2.24, 2.45) is 5.92 Å². The topological polar surface area (TPSA) is 15.3 Å². The number of halogens is 1. The lowest BCUT2D eigenvalue weighted by molar-refractivity contribution is 0.362. The van der Waals surface area contributed by atoms with E-state index in [1.807, 2.05) is 6.07 Å². The van der Waals surface area contributed by atoms with Crippen LogP contribution in [-0.2, 0) is 6.54 Å². The molecule has 1 aliphatic heterocycles. The lowest BCUT2D eigenvalue weighted by Crippen LogP contribution is -2.43. The van der Waals surface area contributed by atoms with Gasteiger partial charge in [0.25, 0.3) is 0 Å². The number of anilines is 1. The third-order valence-electron chi connectivity index (χ3n) is 5.09. The van der Waals surface area contributed by atoms with Crippen molar-refractivity contribution in [2.45, 2.75) is 58.0 Å². The predicted molar refractivity (Wildman–Crippen MR) is 91.2 cm³/mol. The summed E-state index contributed by atoms with van der Waals surface area (Å²) in [5.74, 6) is 0.911. The third kappa shape index (κ3) is 3.37. The molecule has 21 heavy (non-hydrogen) atoms. The number of hydrogen-bond acceptors (Lipinski definition) is 2. The average Bonchev–Trinajstić information content (AvgIpc) is 2.97. The number of fused-ring (bicyclic) bond motifs is 1. The molecular weight excluding hydrogens is 280 g/mol. The molecule has 2 nitrogen and oxygen atoms in total. The molecule has 2 aliphatic rings. The van der Waals surface area contributed by atoms with Crippen LogP contribution < -0.4 is 10.2 Å². The largest absolute Gasteiger partial charge is 0.368 e. The summed E-state index contributed by atoms with van der Waals surface area (Å²) < 4.78 is 0. The Balaban J connectivity index is 1.83. The molecule has 2 fully saturated rings. The van der Waals surface area contributed by atoms with E-state index >= 15 is 0 Å². The minimum absolute atomic E-state index is 0.752. The maximum atomic E-state index is 6.29. The van der Waals surface area contributed by atoms with Crippen LogP contribution in [0.5, 0.6) is 0 Å². The summed E-state index contributed by atoms with van der Waals surface area (Å²) in [6.07, 6.45) is 8.11. The number of hydrogen-bond donors (Lipinski definition) is 1. The van der Waals surface area contributed by atoms with Crippen LogP contribution in [0.3, 0.4) is 0 Å². The van der Waals surface area contributed by atoms with Crippen molar-refractivity contribution < 1.29 is 0 Å². The number of rotatable bonds is 5. The summed E-state index contributed by atoms with van der Waals surface area (Å²) in [6.45, 7) is 5.44. The smallest absolute Gasteiger partial charge is 0.0429 e. The molecule has 1 N–H and O–H groups in total. The van der Waals surface area contributed by atoms with Gasteiger partial charge in [-0.2, -0.15) is 0 Å². The molecule has 3 heteroatoms. The maximum Gasteiger partial charge on any atom is 0.0429 e. The van der Waals surface area contributed by atoms with E-state index in [2.05, 4.69) is 29.3 Å². The highest BCUT2D eigenvalue weighted by molar-refractivity contribution is 6.30. The zero-order chi connectivity index (χ0) is 14.7. The van der Waals surface area contributed by atoms with Crippen LogP contribution in [0.15, 0.2) is 18.2 Å². The van der Waals surface area contributed by atoms with Crippen molar-refractivity contribution in [3.8, 4) is 0 Å². The zero-order valence-electron chi connectivity index (χ0n) is 13.1. The van der Waals surface area contributed by atoms with Gasteiger partial charge in [-0.15, -0.1) is 0 Å². The van der Waals surface area contributed by atoms with Crippen LogP contribution >= 0.6 is 11.6 Å². The van der Waals surface area contributed by atoms with E-state index in [0.717, 1.165) is 30.1 Å².